The number of hydrogen-bond donors (Lipinski definition) is 0. The van der Waals surface area contributed by atoms with Crippen molar-refractivity contribution in [1.82, 2.24) is 14.9 Å². The molecule has 0 N–H and O–H groups in total. The van der Waals surface area contributed by atoms with Gasteiger partial charge in [0.1, 0.15) is 0 Å². The third-order valence-electron chi connectivity index (χ3n) is 4.60. The lowest BCUT2D eigenvalue weighted by Gasteiger charge is -2.21. The summed E-state index contributed by atoms with van der Waals surface area (Å²) in [5, 5.41) is 0. The summed E-state index contributed by atoms with van der Waals surface area (Å²) in [7, 11) is 0. The number of nitrogens with zero attached hydrogens (tertiary/aromatic N) is 4. The van der Waals surface area contributed by atoms with Crippen molar-refractivity contribution in [3.8, 4) is 0 Å². The van der Waals surface area contributed by atoms with Gasteiger partial charge in [-0.15, -0.1) is 0 Å². The minimum atomic E-state index is 0.122. The molecule has 2 aromatic heterocycles. The maximum absolute atomic E-state index is 12.6. The summed E-state index contributed by atoms with van der Waals surface area (Å²) in [4.78, 5) is 25.2. The lowest BCUT2D eigenvalue weighted by Crippen LogP contribution is -2.32. The number of amides is 1. The fraction of sp³-hybridized carbons (Fsp3) is 0.353. The Hall–Kier alpha value is -2.27. The minimum Gasteiger partial charge on any atom is -0.310 e. The van der Waals surface area contributed by atoms with Crippen LogP contribution in [-0.2, 0) is 11.3 Å². The van der Waals surface area contributed by atoms with Crippen LogP contribution in [0.5, 0.6) is 0 Å². The van der Waals surface area contributed by atoms with Crippen molar-refractivity contribution < 1.29 is 4.79 Å². The number of likely N-dealkylation sites (tertiary alicyclic amines) is 1. The SMILES string of the molecule is O=C1[C@@H]2CN(Cc3cccnc3)C[C@@H]2CN1c1cccnc1. The molecule has 2 aromatic rings. The zero-order chi connectivity index (χ0) is 14.9. The van der Waals surface area contributed by atoms with Gasteiger partial charge in [-0.2, -0.15) is 0 Å². The highest BCUT2D eigenvalue weighted by molar-refractivity contribution is 5.97. The highest BCUT2D eigenvalue weighted by Crippen LogP contribution is 2.35. The number of rotatable bonds is 3. The molecule has 0 saturated carbocycles. The molecule has 0 unspecified atom stereocenters. The van der Waals surface area contributed by atoms with E-state index in [1.807, 2.05) is 29.3 Å². The molecule has 2 atom stereocenters. The Morgan fingerprint density at radius 2 is 1.86 bits per heavy atom. The fourth-order valence-corrected chi connectivity index (χ4v) is 3.58. The largest absolute Gasteiger partial charge is 0.310 e. The summed E-state index contributed by atoms with van der Waals surface area (Å²) in [5.41, 5.74) is 2.12. The Labute approximate surface area is 129 Å². The van der Waals surface area contributed by atoms with Crippen LogP contribution in [0.25, 0.3) is 0 Å². The average Bonchev–Trinajstić information content (AvgIpc) is 3.08. The van der Waals surface area contributed by atoms with Crippen LogP contribution < -0.4 is 4.90 Å². The van der Waals surface area contributed by atoms with E-state index in [0.717, 1.165) is 31.9 Å². The molecule has 22 heavy (non-hydrogen) atoms. The van der Waals surface area contributed by atoms with Crippen LogP contribution in [0.4, 0.5) is 5.69 Å². The first-order chi connectivity index (χ1) is 10.8. The fourth-order valence-electron chi connectivity index (χ4n) is 3.58. The van der Waals surface area contributed by atoms with Crippen LogP contribution in [0.15, 0.2) is 49.1 Å². The zero-order valence-corrected chi connectivity index (χ0v) is 12.3. The van der Waals surface area contributed by atoms with Gasteiger partial charge in [-0.3, -0.25) is 19.7 Å². The first-order valence-electron chi connectivity index (χ1n) is 7.64. The van der Waals surface area contributed by atoms with Gasteiger partial charge in [0, 0.05) is 50.7 Å². The summed E-state index contributed by atoms with van der Waals surface area (Å²) in [5.74, 6) is 0.785. The molecule has 2 aliphatic rings. The number of carbonyl (C=O) groups excluding carboxylic acids is 1. The van der Waals surface area contributed by atoms with Gasteiger partial charge in [0.25, 0.3) is 0 Å². The van der Waals surface area contributed by atoms with Gasteiger partial charge in [0.2, 0.25) is 5.91 Å². The number of aromatic nitrogens is 2. The lowest BCUT2D eigenvalue weighted by molar-refractivity contribution is -0.120. The van der Waals surface area contributed by atoms with E-state index in [4.69, 9.17) is 0 Å². The molecule has 112 valence electrons. The summed E-state index contributed by atoms with van der Waals surface area (Å²) < 4.78 is 0. The van der Waals surface area contributed by atoms with E-state index in [2.05, 4.69) is 20.9 Å². The molecule has 0 radical (unpaired) electrons. The van der Waals surface area contributed by atoms with E-state index in [0.29, 0.717) is 5.92 Å². The molecule has 0 spiro atoms. The summed E-state index contributed by atoms with van der Waals surface area (Å²) in [6.45, 7) is 3.50. The number of fused-ring (bicyclic) bond motifs is 1. The second-order valence-electron chi connectivity index (χ2n) is 6.08. The predicted octanol–water partition coefficient (Wildman–Crippen LogP) is 1.57. The molecule has 0 aliphatic carbocycles. The van der Waals surface area contributed by atoms with E-state index < -0.39 is 0 Å². The van der Waals surface area contributed by atoms with Crippen LogP contribution in [-0.4, -0.2) is 40.4 Å². The predicted molar refractivity (Wildman–Crippen MR) is 83.1 cm³/mol. The summed E-state index contributed by atoms with van der Waals surface area (Å²) in [6.07, 6.45) is 7.20. The molecule has 1 amide bonds. The van der Waals surface area contributed by atoms with E-state index in [1.54, 1.807) is 18.6 Å². The number of pyridine rings is 2. The van der Waals surface area contributed by atoms with Gasteiger partial charge < -0.3 is 4.90 Å². The molecule has 2 aliphatic heterocycles. The maximum Gasteiger partial charge on any atom is 0.231 e. The van der Waals surface area contributed by atoms with Crippen LogP contribution in [0, 0.1) is 11.8 Å². The van der Waals surface area contributed by atoms with Gasteiger partial charge in [-0.25, -0.2) is 0 Å². The van der Waals surface area contributed by atoms with Crippen LogP contribution in [0.3, 0.4) is 0 Å². The molecule has 4 rings (SSSR count). The number of anilines is 1. The Morgan fingerprint density at radius 1 is 1.05 bits per heavy atom. The Kier molecular flexibility index (Phi) is 3.35. The van der Waals surface area contributed by atoms with Gasteiger partial charge in [-0.1, -0.05) is 6.07 Å². The van der Waals surface area contributed by atoms with Crippen LogP contribution >= 0.6 is 0 Å². The Morgan fingerprint density at radius 3 is 2.55 bits per heavy atom. The lowest BCUT2D eigenvalue weighted by atomic mass is 10.0. The van der Waals surface area contributed by atoms with Crippen molar-refractivity contribution >= 4 is 11.6 Å². The maximum atomic E-state index is 12.6. The van der Waals surface area contributed by atoms with Gasteiger partial charge in [-0.05, 0) is 23.8 Å². The van der Waals surface area contributed by atoms with Crippen molar-refractivity contribution in [2.75, 3.05) is 24.5 Å². The Bertz CT molecular complexity index is 661. The summed E-state index contributed by atoms with van der Waals surface area (Å²) in [6, 6.07) is 7.89. The van der Waals surface area contributed by atoms with Crippen molar-refractivity contribution in [2.24, 2.45) is 11.8 Å². The standard InChI is InChI=1S/C17H18N4O/c22-17-16-12-20(9-13-3-1-5-18-7-13)10-14(16)11-21(17)15-4-2-6-19-8-15/h1-8,14,16H,9-12H2/t14-,16-/m1/s1. The van der Waals surface area contributed by atoms with Gasteiger partial charge in [0.05, 0.1) is 17.8 Å². The normalized spacial score (nSPS) is 24.7. The number of carbonyl (C=O) groups is 1. The average molecular weight is 294 g/mol. The van der Waals surface area contributed by atoms with E-state index in [-0.39, 0.29) is 11.8 Å². The summed E-state index contributed by atoms with van der Waals surface area (Å²) >= 11 is 0. The minimum absolute atomic E-state index is 0.122. The van der Waals surface area contributed by atoms with E-state index in [1.165, 1.54) is 5.56 Å². The first kappa shape index (κ1) is 13.4. The zero-order valence-electron chi connectivity index (χ0n) is 12.3. The van der Waals surface area contributed by atoms with Crippen LogP contribution in [0.2, 0.25) is 0 Å². The monoisotopic (exact) mass is 294 g/mol. The molecular formula is C17H18N4O. The van der Waals surface area contributed by atoms with Crippen molar-refractivity contribution in [1.29, 1.82) is 0 Å². The first-order valence-corrected chi connectivity index (χ1v) is 7.64. The Balaban J connectivity index is 1.44. The number of hydrogen-bond acceptors (Lipinski definition) is 4. The molecule has 2 fully saturated rings. The molecule has 4 heterocycles. The second kappa shape index (κ2) is 5.50. The van der Waals surface area contributed by atoms with E-state index >= 15 is 0 Å². The van der Waals surface area contributed by atoms with Crippen molar-refractivity contribution in [3.05, 3.63) is 54.6 Å². The van der Waals surface area contributed by atoms with Gasteiger partial charge >= 0.3 is 0 Å². The third kappa shape index (κ3) is 2.37. The molecule has 2 saturated heterocycles. The van der Waals surface area contributed by atoms with Crippen LogP contribution in [0.1, 0.15) is 5.56 Å². The molecule has 0 aromatic carbocycles. The smallest absolute Gasteiger partial charge is 0.231 e. The molecule has 5 nitrogen and oxygen atoms in total. The topological polar surface area (TPSA) is 49.3 Å². The highest BCUT2D eigenvalue weighted by atomic mass is 16.2. The molecular weight excluding hydrogens is 276 g/mol. The second-order valence-corrected chi connectivity index (χ2v) is 6.08. The molecule has 5 heteroatoms. The highest BCUT2D eigenvalue weighted by Gasteiger charge is 2.46. The van der Waals surface area contributed by atoms with Crippen molar-refractivity contribution in [3.63, 3.8) is 0 Å². The molecule has 0 bridgehead atoms. The quantitative estimate of drug-likeness (QED) is 0.862. The van der Waals surface area contributed by atoms with E-state index in [9.17, 15) is 4.79 Å². The van der Waals surface area contributed by atoms with Crippen molar-refractivity contribution in [2.45, 2.75) is 6.54 Å². The van der Waals surface area contributed by atoms with Gasteiger partial charge in [0.15, 0.2) is 0 Å². The third-order valence-corrected chi connectivity index (χ3v) is 4.60.